The fourth-order valence-corrected chi connectivity index (χ4v) is 2.11. The van der Waals surface area contributed by atoms with Gasteiger partial charge in [0.1, 0.15) is 6.33 Å². The molecule has 0 aliphatic carbocycles. The molecule has 0 bridgehead atoms. The minimum absolute atomic E-state index is 0.0633. The summed E-state index contributed by atoms with van der Waals surface area (Å²) in [6.45, 7) is 3.35. The van der Waals surface area contributed by atoms with E-state index in [0.29, 0.717) is 25.3 Å². The second-order valence-electron chi connectivity index (χ2n) is 4.56. The monoisotopic (exact) mass is 278 g/mol. The first kappa shape index (κ1) is 14.2. The van der Waals surface area contributed by atoms with E-state index in [-0.39, 0.29) is 18.0 Å². The van der Waals surface area contributed by atoms with E-state index in [4.69, 9.17) is 4.74 Å². The van der Waals surface area contributed by atoms with Crippen molar-refractivity contribution in [1.29, 1.82) is 0 Å². The summed E-state index contributed by atoms with van der Waals surface area (Å²) >= 11 is 0. The second kappa shape index (κ2) is 6.83. The van der Waals surface area contributed by atoms with Gasteiger partial charge in [-0.1, -0.05) is 0 Å². The van der Waals surface area contributed by atoms with Gasteiger partial charge in [-0.25, -0.2) is 14.8 Å². The van der Waals surface area contributed by atoms with Gasteiger partial charge in [-0.05, 0) is 19.8 Å². The van der Waals surface area contributed by atoms with Gasteiger partial charge in [0.2, 0.25) is 0 Å². The Kier molecular flexibility index (Phi) is 4.86. The van der Waals surface area contributed by atoms with Crippen LogP contribution in [0, 0.1) is 0 Å². The van der Waals surface area contributed by atoms with Crippen molar-refractivity contribution in [3.05, 3.63) is 24.3 Å². The molecular formula is C13H18N4O3. The number of amides is 2. The number of hydrogen-bond donors (Lipinski definition) is 1. The Balaban J connectivity index is 1.80. The summed E-state index contributed by atoms with van der Waals surface area (Å²) in [7, 11) is 0. The largest absolute Gasteiger partial charge is 0.450 e. The topological polar surface area (TPSA) is 84.4 Å². The normalized spacial score (nSPS) is 15.8. The molecule has 1 fully saturated rings. The third-order valence-corrected chi connectivity index (χ3v) is 3.18. The van der Waals surface area contributed by atoms with Gasteiger partial charge < -0.3 is 15.0 Å². The number of piperidine rings is 1. The molecule has 1 aromatic heterocycles. The Hall–Kier alpha value is -2.18. The number of likely N-dealkylation sites (tertiary alicyclic amines) is 1. The van der Waals surface area contributed by atoms with Crippen LogP contribution in [0.4, 0.5) is 4.79 Å². The van der Waals surface area contributed by atoms with E-state index in [1.807, 2.05) is 0 Å². The Labute approximate surface area is 117 Å². The molecule has 0 spiro atoms. The molecule has 0 unspecified atom stereocenters. The molecule has 0 saturated carbocycles. The molecule has 1 aromatic rings. The molecule has 0 radical (unpaired) electrons. The van der Waals surface area contributed by atoms with E-state index in [9.17, 15) is 9.59 Å². The minimum atomic E-state index is -0.284. The van der Waals surface area contributed by atoms with Crippen molar-refractivity contribution in [3.8, 4) is 0 Å². The number of hydrogen-bond acceptors (Lipinski definition) is 5. The lowest BCUT2D eigenvalue weighted by atomic mass is 10.1. The Morgan fingerprint density at radius 3 is 2.60 bits per heavy atom. The molecule has 1 aliphatic rings. The number of aromatic nitrogens is 2. The van der Waals surface area contributed by atoms with Gasteiger partial charge in [0.25, 0.3) is 5.91 Å². The molecule has 2 heterocycles. The molecule has 0 aromatic carbocycles. The van der Waals surface area contributed by atoms with Crippen LogP contribution in [0.5, 0.6) is 0 Å². The van der Waals surface area contributed by atoms with Crippen LogP contribution in [-0.4, -0.2) is 52.6 Å². The van der Waals surface area contributed by atoms with Crippen molar-refractivity contribution in [2.75, 3.05) is 19.7 Å². The molecule has 20 heavy (non-hydrogen) atoms. The van der Waals surface area contributed by atoms with Crippen molar-refractivity contribution < 1.29 is 14.3 Å². The molecule has 1 N–H and O–H groups in total. The van der Waals surface area contributed by atoms with Gasteiger partial charge in [0.05, 0.1) is 12.2 Å². The van der Waals surface area contributed by atoms with Gasteiger partial charge >= 0.3 is 6.09 Å². The number of carbonyl (C=O) groups excluding carboxylic acids is 2. The molecule has 2 amide bonds. The molecule has 7 nitrogen and oxygen atoms in total. The van der Waals surface area contributed by atoms with Crippen molar-refractivity contribution in [2.45, 2.75) is 25.8 Å². The van der Waals surface area contributed by atoms with Crippen molar-refractivity contribution in [1.82, 2.24) is 20.2 Å². The molecule has 0 atom stereocenters. The Morgan fingerprint density at radius 1 is 1.35 bits per heavy atom. The molecule has 1 aliphatic heterocycles. The first-order valence-electron chi connectivity index (χ1n) is 6.68. The standard InChI is InChI=1S/C13H18N4O3/c1-2-20-13(19)17-5-3-11(4-6-17)16-12(18)10-7-14-9-15-8-10/h7-9,11H,2-6H2,1H3,(H,16,18). The quantitative estimate of drug-likeness (QED) is 0.885. The van der Waals surface area contributed by atoms with Crippen LogP contribution in [0.15, 0.2) is 18.7 Å². The summed E-state index contributed by atoms with van der Waals surface area (Å²) in [5.41, 5.74) is 0.445. The van der Waals surface area contributed by atoms with E-state index in [1.54, 1.807) is 11.8 Å². The van der Waals surface area contributed by atoms with Gasteiger partial charge in [-0.2, -0.15) is 0 Å². The third kappa shape index (κ3) is 3.66. The van der Waals surface area contributed by atoms with Crippen LogP contribution in [0.3, 0.4) is 0 Å². The summed E-state index contributed by atoms with van der Waals surface area (Å²) in [6.07, 6.45) is 5.51. The molecular weight excluding hydrogens is 260 g/mol. The lowest BCUT2D eigenvalue weighted by Crippen LogP contribution is -2.46. The van der Waals surface area contributed by atoms with Crippen molar-refractivity contribution >= 4 is 12.0 Å². The number of ether oxygens (including phenoxy) is 1. The zero-order chi connectivity index (χ0) is 14.4. The fraction of sp³-hybridized carbons (Fsp3) is 0.538. The van der Waals surface area contributed by atoms with Gasteiger partial charge in [0.15, 0.2) is 0 Å². The van der Waals surface area contributed by atoms with Crippen molar-refractivity contribution in [2.24, 2.45) is 0 Å². The SMILES string of the molecule is CCOC(=O)N1CCC(NC(=O)c2cncnc2)CC1. The van der Waals surface area contributed by atoms with Gasteiger partial charge in [0, 0.05) is 31.5 Å². The third-order valence-electron chi connectivity index (χ3n) is 3.18. The predicted molar refractivity (Wildman–Crippen MR) is 71.1 cm³/mol. The van der Waals surface area contributed by atoms with Crippen LogP contribution < -0.4 is 5.32 Å². The lowest BCUT2D eigenvalue weighted by Gasteiger charge is -2.31. The summed E-state index contributed by atoms with van der Waals surface area (Å²) in [6, 6.07) is 0.0633. The predicted octanol–water partition coefficient (Wildman–Crippen LogP) is 0.827. The fourth-order valence-electron chi connectivity index (χ4n) is 2.11. The summed E-state index contributed by atoms with van der Waals surface area (Å²) in [5, 5.41) is 2.93. The molecule has 2 rings (SSSR count). The highest BCUT2D eigenvalue weighted by Crippen LogP contribution is 2.12. The maximum atomic E-state index is 11.9. The number of nitrogens with one attached hydrogen (secondary N) is 1. The summed E-state index contributed by atoms with van der Waals surface area (Å²) in [4.78, 5) is 32.8. The smallest absolute Gasteiger partial charge is 0.409 e. The maximum Gasteiger partial charge on any atom is 0.409 e. The van der Waals surface area contributed by atoms with E-state index in [2.05, 4.69) is 15.3 Å². The molecule has 108 valence electrons. The van der Waals surface area contributed by atoms with E-state index in [0.717, 1.165) is 12.8 Å². The van der Waals surface area contributed by atoms with E-state index >= 15 is 0 Å². The summed E-state index contributed by atoms with van der Waals surface area (Å²) in [5.74, 6) is -0.180. The van der Waals surface area contributed by atoms with Gasteiger partial charge in [-0.3, -0.25) is 4.79 Å². The first-order chi connectivity index (χ1) is 9.70. The van der Waals surface area contributed by atoms with Crippen LogP contribution in [-0.2, 0) is 4.74 Å². The van der Waals surface area contributed by atoms with E-state index in [1.165, 1.54) is 18.7 Å². The average Bonchev–Trinajstić information content (AvgIpc) is 2.49. The van der Waals surface area contributed by atoms with Crippen LogP contribution >= 0.6 is 0 Å². The highest BCUT2D eigenvalue weighted by atomic mass is 16.6. The van der Waals surface area contributed by atoms with Crippen LogP contribution in [0.1, 0.15) is 30.1 Å². The average molecular weight is 278 g/mol. The summed E-state index contributed by atoms with van der Waals surface area (Å²) < 4.78 is 4.95. The Morgan fingerprint density at radius 2 is 2.00 bits per heavy atom. The zero-order valence-electron chi connectivity index (χ0n) is 11.4. The van der Waals surface area contributed by atoms with Crippen LogP contribution in [0.25, 0.3) is 0 Å². The first-order valence-corrected chi connectivity index (χ1v) is 6.68. The highest BCUT2D eigenvalue weighted by Gasteiger charge is 2.24. The second-order valence-corrected chi connectivity index (χ2v) is 4.56. The number of nitrogens with zero attached hydrogens (tertiary/aromatic N) is 3. The minimum Gasteiger partial charge on any atom is -0.450 e. The van der Waals surface area contributed by atoms with Gasteiger partial charge in [-0.15, -0.1) is 0 Å². The van der Waals surface area contributed by atoms with Crippen LogP contribution in [0.2, 0.25) is 0 Å². The van der Waals surface area contributed by atoms with E-state index < -0.39 is 0 Å². The number of rotatable bonds is 3. The Bertz CT molecular complexity index is 458. The molecule has 7 heteroatoms. The van der Waals surface area contributed by atoms with Crippen molar-refractivity contribution in [3.63, 3.8) is 0 Å². The molecule has 1 saturated heterocycles. The lowest BCUT2D eigenvalue weighted by molar-refractivity contribution is 0.0859. The maximum absolute atomic E-state index is 11.9. The zero-order valence-corrected chi connectivity index (χ0v) is 11.4. The highest BCUT2D eigenvalue weighted by molar-refractivity contribution is 5.93. The number of carbonyl (C=O) groups is 2.